The van der Waals surface area contributed by atoms with E-state index in [2.05, 4.69) is 48.3 Å². The minimum Gasteiger partial charge on any atom is -0.496 e. The lowest BCUT2D eigenvalue weighted by Gasteiger charge is -2.08. The number of aromatic amines is 1. The Kier molecular flexibility index (Phi) is 3.00. The molecule has 19 heavy (non-hydrogen) atoms. The molecule has 0 fully saturated rings. The summed E-state index contributed by atoms with van der Waals surface area (Å²) in [5.41, 5.74) is 5.00. The van der Waals surface area contributed by atoms with Crippen LogP contribution in [0.5, 0.6) is 5.75 Å². The lowest BCUT2D eigenvalue weighted by Crippen LogP contribution is -1.94. The molecule has 1 aromatic heterocycles. The first kappa shape index (κ1) is 11.8. The number of fused-ring (bicyclic) bond motifs is 1. The summed E-state index contributed by atoms with van der Waals surface area (Å²) in [7, 11) is 1.72. The van der Waals surface area contributed by atoms with Crippen molar-refractivity contribution in [1.82, 2.24) is 4.98 Å². The molecule has 1 N–H and O–H groups in total. The van der Waals surface area contributed by atoms with Crippen LogP contribution < -0.4 is 4.74 Å². The molecule has 0 saturated heterocycles. The van der Waals surface area contributed by atoms with Crippen LogP contribution >= 0.6 is 0 Å². The molecule has 0 saturated carbocycles. The smallest absolute Gasteiger partial charge is 0.122 e. The zero-order chi connectivity index (χ0) is 13.2. The maximum absolute atomic E-state index is 5.44. The van der Waals surface area contributed by atoms with E-state index in [1.54, 1.807) is 7.11 Å². The molecule has 0 amide bonds. The summed E-state index contributed by atoms with van der Waals surface area (Å²) in [6.07, 6.45) is 0.889. The summed E-state index contributed by atoms with van der Waals surface area (Å²) in [4.78, 5) is 3.44. The van der Waals surface area contributed by atoms with Gasteiger partial charge in [0, 0.05) is 23.0 Å². The normalized spacial score (nSPS) is 10.8. The third kappa shape index (κ3) is 2.10. The van der Waals surface area contributed by atoms with Crippen molar-refractivity contribution < 1.29 is 4.74 Å². The lowest BCUT2D eigenvalue weighted by molar-refractivity contribution is 0.410. The fraction of sp³-hybridized carbons (Fsp3) is 0.176. The van der Waals surface area contributed by atoms with E-state index in [4.69, 9.17) is 4.74 Å². The highest BCUT2D eigenvalue weighted by molar-refractivity contribution is 5.85. The van der Waals surface area contributed by atoms with E-state index in [1.807, 2.05) is 12.1 Å². The molecule has 2 heteroatoms. The van der Waals surface area contributed by atoms with Crippen LogP contribution in [-0.2, 0) is 6.42 Å². The molecule has 0 aliphatic heterocycles. The largest absolute Gasteiger partial charge is 0.496 e. The molecule has 0 aliphatic rings. The van der Waals surface area contributed by atoms with E-state index in [1.165, 1.54) is 27.7 Å². The van der Waals surface area contributed by atoms with E-state index < -0.39 is 0 Å². The second kappa shape index (κ2) is 4.81. The van der Waals surface area contributed by atoms with Gasteiger partial charge in [0.2, 0.25) is 0 Å². The molecule has 0 spiro atoms. The molecule has 0 bridgehead atoms. The van der Waals surface area contributed by atoms with Crippen molar-refractivity contribution in [2.24, 2.45) is 0 Å². The Balaban J connectivity index is 2.08. The summed E-state index contributed by atoms with van der Waals surface area (Å²) >= 11 is 0. The average molecular weight is 251 g/mol. The molecule has 0 atom stereocenters. The van der Waals surface area contributed by atoms with Crippen LogP contribution in [0.3, 0.4) is 0 Å². The summed E-state index contributed by atoms with van der Waals surface area (Å²) in [5.74, 6) is 0.951. The van der Waals surface area contributed by atoms with Crippen molar-refractivity contribution in [3.63, 3.8) is 0 Å². The van der Waals surface area contributed by atoms with Crippen LogP contribution in [0.4, 0.5) is 0 Å². The molecule has 0 unspecified atom stereocenters. The Hall–Kier alpha value is -2.22. The zero-order valence-corrected chi connectivity index (χ0v) is 11.2. The van der Waals surface area contributed by atoms with Gasteiger partial charge in [0.1, 0.15) is 5.75 Å². The third-order valence-corrected chi connectivity index (χ3v) is 3.59. The van der Waals surface area contributed by atoms with Gasteiger partial charge in [0.05, 0.1) is 7.11 Å². The number of ether oxygens (including phenoxy) is 1. The van der Waals surface area contributed by atoms with Gasteiger partial charge in [0.25, 0.3) is 0 Å². The van der Waals surface area contributed by atoms with Gasteiger partial charge < -0.3 is 9.72 Å². The number of methoxy groups -OCH3 is 1. The van der Waals surface area contributed by atoms with Crippen molar-refractivity contribution in [2.45, 2.75) is 13.3 Å². The summed E-state index contributed by atoms with van der Waals surface area (Å²) in [5, 5.41) is 1.30. The number of hydrogen-bond donors (Lipinski definition) is 1. The van der Waals surface area contributed by atoms with Crippen LogP contribution in [0.2, 0.25) is 0 Å². The molecule has 3 rings (SSSR count). The quantitative estimate of drug-likeness (QED) is 0.745. The first-order valence-electron chi connectivity index (χ1n) is 6.47. The second-order valence-corrected chi connectivity index (χ2v) is 4.76. The first-order chi connectivity index (χ1) is 9.29. The standard InChI is InChI=1S/C17H17NO/c1-12-15(14-8-4-5-9-16(14)18-12)11-13-7-3-6-10-17(13)19-2/h3-10,18H,11H2,1-2H3. The van der Waals surface area contributed by atoms with Gasteiger partial charge in [-0.25, -0.2) is 0 Å². The Morgan fingerprint density at radius 1 is 1.00 bits per heavy atom. The Morgan fingerprint density at radius 2 is 1.74 bits per heavy atom. The van der Waals surface area contributed by atoms with Gasteiger partial charge in [-0.2, -0.15) is 0 Å². The Labute approximate surface area is 113 Å². The topological polar surface area (TPSA) is 25.0 Å². The van der Waals surface area contributed by atoms with Crippen LogP contribution in [-0.4, -0.2) is 12.1 Å². The fourth-order valence-corrected chi connectivity index (χ4v) is 2.60. The van der Waals surface area contributed by atoms with Gasteiger partial charge in [0.15, 0.2) is 0 Å². The minimum atomic E-state index is 0.889. The van der Waals surface area contributed by atoms with Crippen molar-refractivity contribution >= 4 is 10.9 Å². The highest BCUT2D eigenvalue weighted by Gasteiger charge is 2.10. The highest BCUT2D eigenvalue weighted by atomic mass is 16.5. The van der Waals surface area contributed by atoms with Crippen molar-refractivity contribution in [2.75, 3.05) is 7.11 Å². The number of H-pyrrole nitrogens is 1. The molecule has 96 valence electrons. The van der Waals surface area contributed by atoms with Crippen LogP contribution in [0.15, 0.2) is 48.5 Å². The van der Waals surface area contributed by atoms with E-state index in [0.29, 0.717) is 0 Å². The molecule has 3 aromatic rings. The average Bonchev–Trinajstić information content (AvgIpc) is 2.76. The van der Waals surface area contributed by atoms with Gasteiger partial charge in [-0.3, -0.25) is 0 Å². The van der Waals surface area contributed by atoms with Gasteiger partial charge >= 0.3 is 0 Å². The van der Waals surface area contributed by atoms with Crippen molar-refractivity contribution in [3.8, 4) is 5.75 Å². The summed E-state index contributed by atoms with van der Waals surface area (Å²) in [6, 6.07) is 16.6. The molecular formula is C17H17NO. The predicted molar refractivity (Wildman–Crippen MR) is 78.8 cm³/mol. The molecule has 0 radical (unpaired) electrons. The molecule has 2 aromatic carbocycles. The van der Waals surface area contributed by atoms with Gasteiger partial charge in [-0.15, -0.1) is 0 Å². The molecule has 0 aliphatic carbocycles. The number of rotatable bonds is 3. The summed E-state index contributed by atoms with van der Waals surface area (Å²) < 4.78 is 5.44. The van der Waals surface area contributed by atoms with E-state index in [9.17, 15) is 0 Å². The zero-order valence-electron chi connectivity index (χ0n) is 11.2. The third-order valence-electron chi connectivity index (χ3n) is 3.59. The number of para-hydroxylation sites is 2. The number of hydrogen-bond acceptors (Lipinski definition) is 1. The number of benzene rings is 2. The van der Waals surface area contributed by atoms with E-state index in [-0.39, 0.29) is 0 Å². The monoisotopic (exact) mass is 251 g/mol. The first-order valence-corrected chi connectivity index (χ1v) is 6.47. The molecule has 2 nitrogen and oxygen atoms in total. The molecular weight excluding hydrogens is 234 g/mol. The maximum Gasteiger partial charge on any atom is 0.122 e. The lowest BCUT2D eigenvalue weighted by atomic mass is 10.0. The minimum absolute atomic E-state index is 0.889. The number of nitrogens with one attached hydrogen (secondary N) is 1. The highest BCUT2D eigenvalue weighted by Crippen LogP contribution is 2.27. The summed E-state index contributed by atoms with van der Waals surface area (Å²) in [6.45, 7) is 2.13. The fourth-order valence-electron chi connectivity index (χ4n) is 2.60. The number of aryl methyl sites for hydroxylation is 1. The van der Waals surface area contributed by atoms with Crippen LogP contribution in [0.25, 0.3) is 10.9 Å². The van der Waals surface area contributed by atoms with E-state index >= 15 is 0 Å². The van der Waals surface area contributed by atoms with Gasteiger partial charge in [-0.1, -0.05) is 36.4 Å². The SMILES string of the molecule is COc1ccccc1Cc1c(C)[nH]c2ccccc12. The maximum atomic E-state index is 5.44. The van der Waals surface area contributed by atoms with Crippen molar-refractivity contribution in [1.29, 1.82) is 0 Å². The van der Waals surface area contributed by atoms with Crippen LogP contribution in [0, 0.1) is 6.92 Å². The predicted octanol–water partition coefficient (Wildman–Crippen LogP) is 4.08. The Morgan fingerprint density at radius 3 is 2.58 bits per heavy atom. The van der Waals surface area contributed by atoms with E-state index in [0.717, 1.165) is 12.2 Å². The van der Waals surface area contributed by atoms with Crippen LogP contribution in [0.1, 0.15) is 16.8 Å². The second-order valence-electron chi connectivity index (χ2n) is 4.76. The van der Waals surface area contributed by atoms with Crippen molar-refractivity contribution in [3.05, 3.63) is 65.4 Å². The Bertz CT molecular complexity index is 712. The number of aromatic nitrogens is 1. The van der Waals surface area contributed by atoms with Gasteiger partial charge in [-0.05, 0) is 30.2 Å². The molecule has 1 heterocycles.